The molecule has 3 nitrogen and oxygen atoms in total. The van der Waals surface area contributed by atoms with Gasteiger partial charge in [0, 0.05) is 5.92 Å². The van der Waals surface area contributed by atoms with Crippen LogP contribution in [0.2, 0.25) is 0 Å². The minimum absolute atomic E-state index is 0.0910. The van der Waals surface area contributed by atoms with Crippen LogP contribution in [0, 0.1) is 12.8 Å². The number of amides is 1. The van der Waals surface area contributed by atoms with Crippen LogP contribution in [0.15, 0.2) is 16.7 Å². The van der Waals surface area contributed by atoms with E-state index in [1.54, 1.807) is 0 Å². The van der Waals surface area contributed by atoms with Crippen LogP contribution >= 0.6 is 15.9 Å². The van der Waals surface area contributed by atoms with Gasteiger partial charge < -0.3 is 5.32 Å². The highest BCUT2D eigenvalue weighted by Crippen LogP contribution is 2.30. The summed E-state index contributed by atoms with van der Waals surface area (Å²) in [7, 11) is 0. The second-order valence-corrected chi connectivity index (χ2v) is 4.32. The van der Waals surface area contributed by atoms with Gasteiger partial charge in [-0.1, -0.05) is 6.07 Å². The second-order valence-electron chi connectivity index (χ2n) is 3.57. The number of nitrogens with zero attached hydrogens (tertiary/aromatic N) is 1. The molecule has 1 amide bonds. The number of anilines is 1. The number of hydrogen-bond donors (Lipinski definition) is 1. The van der Waals surface area contributed by atoms with E-state index in [1.165, 1.54) is 0 Å². The minimum atomic E-state index is 0.0910. The molecule has 0 saturated heterocycles. The Kier molecular flexibility index (Phi) is 2.54. The van der Waals surface area contributed by atoms with Crippen molar-refractivity contribution in [2.45, 2.75) is 19.8 Å². The maximum absolute atomic E-state index is 11.4. The van der Waals surface area contributed by atoms with Crippen molar-refractivity contribution in [3.05, 3.63) is 22.3 Å². The van der Waals surface area contributed by atoms with Gasteiger partial charge in [-0.2, -0.15) is 0 Å². The Morgan fingerprint density at radius 1 is 1.57 bits per heavy atom. The van der Waals surface area contributed by atoms with Gasteiger partial charge in [-0.3, -0.25) is 4.79 Å². The van der Waals surface area contributed by atoms with E-state index >= 15 is 0 Å². The molecule has 1 heterocycles. The molecule has 0 bridgehead atoms. The molecular formula is C10H11BrN2O. The number of aryl methyl sites for hydroxylation is 1. The van der Waals surface area contributed by atoms with Crippen LogP contribution in [-0.4, -0.2) is 10.9 Å². The molecule has 4 heteroatoms. The van der Waals surface area contributed by atoms with Crippen LogP contribution in [0.3, 0.4) is 0 Å². The molecule has 1 fully saturated rings. The summed E-state index contributed by atoms with van der Waals surface area (Å²) in [5.41, 5.74) is 1.06. The zero-order valence-electron chi connectivity index (χ0n) is 7.88. The fraction of sp³-hybridized carbons (Fsp3) is 0.400. The third kappa shape index (κ3) is 2.12. The SMILES string of the molecule is Cc1ccc(NC(=O)C2CC2)nc1Br. The highest BCUT2D eigenvalue weighted by molar-refractivity contribution is 9.10. The monoisotopic (exact) mass is 254 g/mol. The summed E-state index contributed by atoms with van der Waals surface area (Å²) in [4.78, 5) is 15.6. The zero-order chi connectivity index (χ0) is 10.1. The Morgan fingerprint density at radius 2 is 2.29 bits per heavy atom. The summed E-state index contributed by atoms with van der Waals surface area (Å²) in [5.74, 6) is 0.935. The van der Waals surface area contributed by atoms with Gasteiger partial charge >= 0.3 is 0 Å². The number of halogens is 1. The second kappa shape index (κ2) is 3.69. The van der Waals surface area contributed by atoms with Crippen molar-refractivity contribution >= 4 is 27.7 Å². The minimum Gasteiger partial charge on any atom is -0.310 e. The first-order valence-corrected chi connectivity index (χ1v) is 5.40. The van der Waals surface area contributed by atoms with Crippen LogP contribution in [0.5, 0.6) is 0 Å². The number of carbonyl (C=O) groups excluding carboxylic acids is 1. The summed E-state index contributed by atoms with van der Waals surface area (Å²) in [6, 6.07) is 3.75. The fourth-order valence-electron chi connectivity index (χ4n) is 1.15. The summed E-state index contributed by atoms with van der Waals surface area (Å²) in [5, 5.41) is 2.79. The van der Waals surface area contributed by atoms with Gasteiger partial charge in [0.15, 0.2) is 0 Å². The van der Waals surface area contributed by atoms with Gasteiger partial charge in [0.25, 0.3) is 0 Å². The first kappa shape index (κ1) is 9.65. The Morgan fingerprint density at radius 3 is 2.86 bits per heavy atom. The molecule has 1 N–H and O–H groups in total. The van der Waals surface area contributed by atoms with Crippen molar-refractivity contribution in [2.75, 3.05) is 5.32 Å². The Balaban J connectivity index is 2.08. The smallest absolute Gasteiger partial charge is 0.228 e. The number of aromatic nitrogens is 1. The van der Waals surface area contributed by atoms with Crippen LogP contribution in [0.1, 0.15) is 18.4 Å². The Bertz CT molecular complexity index is 374. The normalized spacial score (nSPS) is 15.3. The number of pyridine rings is 1. The molecule has 0 unspecified atom stereocenters. The highest BCUT2D eigenvalue weighted by atomic mass is 79.9. The van der Waals surface area contributed by atoms with E-state index in [9.17, 15) is 4.79 Å². The quantitative estimate of drug-likeness (QED) is 0.825. The lowest BCUT2D eigenvalue weighted by Gasteiger charge is -2.04. The average molecular weight is 255 g/mol. The molecule has 0 atom stereocenters. The maximum Gasteiger partial charge on any atom is 0.228 e. The topological polar surface area (TPSA) is 42.0 Å². The molecule has 0 radical (unpaired) electrons. The van der Waals surface area contributed by atoms with Crippen LogP contribution in [0.4, 0.5) is 5.82 Å². The van der Waals surface area contributed by atoms with E-state index in [0.29, 0.717) is 5.82 Å². The van der Waals surface area contributed by atoms with Crippen molar-refractivity contribution in [3.63, 3.8) is 0 Å². The molecule has 0 aromatic carbocycles. The van der Waals surface area contributed by atoms with Crippen LogP contribution in [0.25, 0.3) is 0 Å². The molecule has 1 aromatic rings. The van der Waals surface area contributed by atoms with E-state index in [4.69, 9.17) is 0 Å². The number of carbonyl (C=O) groups is 1. The average Bonchev–Trinajstić information content (AvgIpc) is 2.94. The van der Waals surface area contributed by atoms with Gasteiger partial charge in [0.1, 0.15) is 10.4 Å². The van der Waals surface area contributed by atoms with E-state index < -0.39 is 0 Å². The maximum atomic E-state index is 11.4. The molecule has 1 saturated carbocycles. The molecule has 14 heavy (non-hydrogen) atoms. The molecule has 0 aliphatic heterocycles. The first-order chi connectivity index (χ1) is 6.66. The van der Waals surface area contributed by atoms with Crippen molar-refractivity contribution < 1.29 is 4.79 Å². The predicted octanol–water partition coefficient (Wildman–Crippen LogP) is 2.50. The lowest BCUT2D eigenvalue weighted by Crippen LogP contribution is -2.14. The Hall–Kier alpha value is -0.900. The summed E-state index contributed by atoms with van der Waals surface area (Å²) in [6.07, 6.45) is 2.03. The number of hydrogen-bond acceptors (Lipinski definition) is 2. The first-order valence-electron chi connectivity index (χ1n) is 4.61. The predicted molar refractivity (Wildman–Crippen MR) is 58.0 cm³/mol. The summed E-state index contributed by atoms with van der Waals surface area (Å²) < 4.78 is 0.783. The van der Waals surface area contributed by atoms with E-state index in [2.05, 4.69) is 26.2 Å². The molecule has 1 aliphatic rings. The van der Waals surface area contributed by atoms with E-state index in [-0.39, 0.29) is 11.8 Å². The highest BCUT2D eigenvalue weighted by Gasteiger charge is 2.29. The van der Waals surface area contributed by atoms with E-state index in [1.807, 2.05) is 19.1 Å². The van der Waals surface area contributed by atoms with Crippen molar-refractivity contribution in [3.8, 4) is 0 Å². The molecular weight excluding hydrogens is 244 g/mol. The standard InChI is InChI=1S/C10H11BrN2O/c1-6-2-5-8(12-9(6)11)13-10(14)7-3-4-7/h2,5,7H,3-4H2,1H3,(H,12,13,14). The van der Waals surface area contributed by atoms with Gasteiger partial charge in [0.2, 0.25) is 5.91 Å². The third-order valence-electron chi connectivity index (χ3n) is 2.23. The number of nitrogens with one attached hydrogen (secondary N) is 1. The van der Waals surface area contributed by atoms with Crippen LogP contribution < -0.4 is 5.32 Å². The van der Waals surface area contributed by atoms with Crippen molar-refractivity contribution in [1.82, 2.24) is 4.98 Å². The third-order valence-corrected chi connectivity index (χ3v) is 3.04. The lowest BCUT2D eigenvalue weighted by molar-refractivity contribution is -0.117. The van der Waals surface area contributed by atoms with Crippen molar-refractivity contribution in [1.29, 1.82) is 0 Å². The van der Waals surface area contributed by atoms with E-state index in [0.717, 1.165) is 23.0 Å². The van der Waals surface area contributed by atoms with Crippen molar-refractivity contribution in [2.24, 2.45) is 5.92 Å². The lowest BCUT2D eigenvalue weighted by atomic mass is 10.3. The Labute approximate surface area is 91.0 Å². The molecule has 1 aliphatic carbocycles. The molecule has 1 aromatic heterocycles. The van der Waals surface area contributed by atoms with Gasteiger partial charge in [0.05, 0.1) is 0 Å². The zero-order valence-corrected chi connectivity index (χ0v) is 9.47. The summed E-state index contributed by atoms with van der Waals surface area (Å²) in [6.45, 7) is 1.96. The van der Waals surface area contributed by atoms with Gasteiger partial charge in [-0.15, -0.1) is 0 Å². The molecule has 74 valence electrons. The molecule has 2 rings (SSSR count). The van der Waals surface area contributed by atoms with Gasteiger partial charge in [-0.25, -0.2) is 4.98 Å². The summed E-state index contributed by atoms with van der Waals surface area (Å²) >= 11 is 3.33. The van der Waals surface area contributed by atoms with Crippen LogP contribution in [-0.2, 0) is 4.79 Å². The number of rotatable bonds is 2. The fourth-order valence-corrected chi connectivity index (χ4v) is 1.47. The molecule has 0 spiro atoms. The van der Waals surface area contributed by atoms with Gasteiger partial charge in [-0.05, 0) is 47.3 Å². The largest absolute Gasteiger partial charge is 0.310 e.